The predicted molar refractivity (Wildman–Crippen MR) is 58.8 cm³/mol. The average Bonchev–Trinajstić information content (AvgIpc) is 2.34. The third-order valence-electron chi connectivity index (χ3n) is 2.03. The maximum Gasteiger partial charge on any atom is 0.337 e. The van der Waals surface area contributed by atoms with E-state index in [0.717, 1.165) is 4.90 Å². The highest BCUT2D eigenvalue weighted by Gasteiger charge is 2.12. The van der Waals surface area contributed by atoms with Gasteiger partial charge in [-0.15, -0.1) is 0 Å². The summed E-state index contributed by atoms with van der Waals surface area (Å²) < 4.78 is 4.52. The first kappa shape index (κ1) is 12.7. The molecule has 90 valence electrons. The first-order valence-electron chi connectivity index (χ1n) is 4.70. The molecule has 0 fully saturated rings. The van der Waals surface area contributed by atoms with E-state index in [9.17, 15) is 14.4 Å². The van der Waals surface area contributed by atoms with Gasteiger partial charge in [-0.05, 0) is 18.2 Å². The van der Waals surface area contributed by atoms with Gasteiger partial charge in [0, 0.05) is 5.69 Å². The number of aliphatic carboxylic acids is 1. The highest BCUT2D eigenvalue weighted by atomic mass is 16.5. The normalized spacial score (nSPS) is 9.47. The highest BCUT2D eigenvalue weighted by Crippen LogP contribution is 2.15. The monoisotopic (exact) mass is 237 g/mol. The van der Waals surface area contributed by atoms with Crippen molar-refractivity contribution in [3.63, 3.8) is 0 Å². The van der Waals surface area contributed by atoms with Crippen LogP contribution < -0.4 is 4.90 Å². The molecule has 1 N–H and O–H groups in total. The van der Waals surface area contributed by atoms with E-state index in [1.165, 1.54) is 25.3 Å². The molecule has 1 aromatic carbocycles. The minimum atomic E-state index is -1.14. The molecule has 1 aromatic rings. The predicted octanol–water partition coefficient (Wildman–Crippen LogP) is 0.521. The number of amides is 1. The second-order valence-corrected chi connectivity index (χ2v) is 3.17. The van der Waals surface area contributed by atoms with Crippen molar-refractivity contribution in [2.45, 2.75) is 0 Å². The molecule has 0 heterocycles. The van der Waals surface area contributed by atoms with Gasteiger partial charge in [-0.3, -0.25) is 9.59 Å². The molecule has 1 rings (SSSR count). The van der Waals surface area contributed by atoms with Crippen LogP contribution in [0, 0.1) is 0 Å². The summed E-state index contributed by atoms with van der Waals surface area (Å²) in [7, 11) is 1.24. The fourth-order valence-corrected chi connectivity index (χ4v) is 1.26. The number of ether oxygens (including phenoxy) is 1. The molecule has 0 bridgehead atoms. The maximum absolute atomic E-state index is 11.3. The van der Waals surface area contributed by atoms with Gasteiger partial charge in [0.2, 0.25) is 6.41 Å². The summed E-state index contributed by atoms with van der Waals surface area (Å²) in [6.07, 6.45) is 0.393. The van der Waals surface area contributed by atoms with Crippen LogP contribution in [0.1, 0.15) is 10.4 Å². The topological polar surface area (TPSA) is 83.9 Å². The zero-order chi connectivity index (χ0) is 12.8. The summed E-state index contributed by atoms with van der Waals surface area (Å²) in [4.78, 5) is 33.5. The van der Waals surface area contributed by atoms with Crippen molar-refractivity contribution in [2.75, 3.05) is 18.6 Å². The summed E-state index contributed by atoms with van der Waals surface area (Å²) >= 11 is 0. The SMILES string of the molecule is COC(=O)c1cccc(N(C=O)CC(=O)O)c1. The van der Waals surface area contributed by atoms with Crippen LogP contribution in [-0.4, -0.2) is 37.1 Å². The van der Waals surface area contributed by atoms with Crippen LogP contribution in [0.15, 0.2) is 24.3 Å². The van der Waals surface area contributed by atoms with Gasteiger partial charge in [0.25, 0.3) is 0 Å². The second-order valence-electron chi connectivity index (χ2n) is 3.17. The summed E-state index contributed by atoms with van der Waals surface area (Å²) in [5.41, 5.74) is 0.576. The van der Waals surface area contributed by atoms with Gasteiger partial charge in [0.1, 0.15) is 6.54 Å². The molecule has 0 aliphatic carbocycles. The van der Waals surface area contributed by atoms with Gasteiger partial charge in [0.15, 0.2) is 0 Å². The summed E-state index contributed by atoms with van der Waals surface area (Å²) in [6, 6.07) is 5.98. The Balaban J connectivity index is 3.00. The lowest BCUT2D eigenvalue weighted by Gasteiger charge is -2.15. The van der Waals surface area contributed by atoms with Crippen LogP contribution in [0.4, 0.5) is 5.69 Å². The van der Waals surface area contributed by atoms with Gasteiger partial charge in [-0.1, -0.05) is 6.07 Å². The Kier molecular flexibility index (Phi) is 4.21. The molecular formula is C11H11NO5. The van der Waals surface area contributed by atoms with Crippen LogP contribution in [0.25, 0.3) is 0 Å². The molecular weight excluding hydrogens is 226 g/mol. The summed E-state index contributed by atoms with van der Waals surface area (Å²) in [5, 5.41) is 8.61. The van der Waals surface area contributed by atoms with Crippen LogP contribution in [0.5, 0.6) is 0 Å². The van der Waals surface area contributed by atoms with Crippen LogP contribution >= 0.6 is 0 Å². The number of esters is 1. The number of benzene rings is 1. The molecule has 0 unspecified atom stereocenters. The Hall–Kier alpha value is -2.37. The minimum absolute atomic E-state index is 0.252. The zero-order valence-electron chi connectivity index (χ0n) is 9.12. The van der Waals surface area contributed by atoms with E-state index < -0.39 is 18.5 Å². The lowest BCUT2D eigenvalue weighted by Crippen LogP contribution is -2.28. The smallest absolute Gasteiger partial charge is 0.337 e. The Morgan fingerprint density at radius 3 is 2.71 bits per heavy atom. The van der Waals surface area contributed by atoms with E-state index in [4.69, 9.17) is 5.11 Å². The average molecular weight is 237 g/mol. The van der Waals surface area contributed by atoms with Crippen molar-refractivity contribution in [2.24, 2.45) is 0 Å². The van der Waals surface area contributed by atoms with Crippen molar-refractivity contribution >= 4 is 24.0 Å². The molecule has 0 aliphatic rings. The third-order valence-corrected chi connectivity index (χ3v) is 2.03. The van der Waals surface area contributed by atoms with Crippen molar-refractivity contribution in [1.29, 1.82) is 0 Å². The van der Waals surface area contributed by atoms with Crippen LogP contribution in [-0.2, 0) is 14.3 Å². The largest absolute Gasteiger partial charge is 0.480 e. The molecule has 6 nitrogen and oxygen atoms in total. The van der Waals surface area contributed by atoms with Gasteiger partial charge in [0.05, 0.1) is 12.7 Å². The number of carbonyl (C=O) groups is 3. The Bertz CT molecular complexity index is 443. The van der Waals surface area contributed by atoms with Crippen LogP contribution in [0.2, 0.25) is 0 Å². The fourth-order valence-electron chi connectivity index (χ4n) is 1.26. The third kappa shape index (κ3) is 3.30. The number of rotatable bonds is 5. The Labute approximate surface area is 97.4 Å². The molecule has 17 heavy (non-hydrogen) atoms. The quantitative estimate of drug-likeness (QED) is 0.596. The molecule has 0 saturated heterocycles. The number of nitrogens with zero attached hydrogens (tertiary/aromatic N) is 1. The lowest BCUT2D eigenvalue weighted by atomic mass is 10.2. The number of carboxylic acid groups (broad SMARTS) is 1. The second kappa shape index (κ2) is 5.64. The standard InChI is InChI=1S/C11H11NO5/c1-17-11(16)8-3-2-4-9(5-8)12(7-13)6-10(14)15/h2-5,7H,6H2,1H3,(H,14,15). The molecule has 1 amide bonds. The molecule has 6 heteroatoms. The lowest BCUT2D eigenvalue weighted by molar-refractivity contribution is -0.136. The zero-order valence-corrected chi connectivity index (χ0v) is 9.12. The van der Waals surface area contributed by atoms with Gasteiger partial charge in [-0.25, -0.2) is 4.79 Å². The molecule has 0 atom stereocenters. The Morgan fingerprint density at radius 2 is 2.18 bits per heavy atom. The number of methoxy groups -OCH3 is 1. The first-order chi connectivity index (χ1) is 8.08. The van der Waals surface area contributed by atoms with Crippen molar-refractivity contribution in [1.82, 2.24) is 0 Å². The first-order valence-corrected chi connectivity index (χ1v) is 4.70. The number of anilines is 1. The van der Waals surface area contributed by atoms with Crippen molar-refractivity contribution < 1.29 is 24.2 Å². The summed E-state index contributed by atoms with van der Waals surface area (Å²) in [6.45, 7) is -0.464. The molecule has 0 spiro atoms. The Morgan fingerprint density at radius 1 is 1.47 bits per heavy atom. The van der Waals surface area contributed by atoms with Crippen LogP contribution in [0.3, 0.4) is 0 Å². The van der Waals surface area contributed by atoms with Crippen molar-refractivity contribution in [3.05, 3.63) is 29.8 Å². The fraction of sp³-hybridized carbons (Fsp3) is 0.182. The van der Waals surface area contributed by atoms with E-state index in [-0.39, 0.29) is 5.56 Å². The van der Waals surface area contributed by atoms with Gasteiger partial charge >= 0.3 is 11.9 Å². The van der Waals surface area contributed by atoms with E-state index in [1.54, 1.807) is 6.07 Å². The number of hydrogen-bond acceptors (Lipinski definition) is 4. The number of carboxylic acids is 1. The van der Waals surface area contributed by atoms with Gasteiger partial charge < -0.3 is 14.7 Å². The highest BCUT2D eigenvalue weighted by molar-refractivity contribution is 5.92. The van der Waals surface area contributed by atoms with E-state index in [1.807, 2.05) is 0 Å². The number of carbonyl (C=O) groups excluding carboxylic acids is 2. The van der Waals surface area contributed by atoms with E-state index >= 15 is 0 Å². The summed E-state index contributed by atoms with van der Waals surface area (Å²) in [5.74, 6) is -1.69. The molecule has 0 aromatic heterocycles. The van der Waals surface area contributed by atoms with Crippen molar-refractivity contribution in [3.8, 4) is 0 Å². The molecule has 0 saturated carbocycles. The molecule has 0 radical (unpaired) electrons. The van der Waals surface area contributed by atoms with Gasteiger partial charge in [-0.2, -0.15) is 0 Å². The maximum atomic E-state index is 11.3. The minimum Gasteiger partial charge on any atom is -0.480 e. The number of hydrogen-bond donors (Lipinski definition) is 1. The van der Waals surface area contributed by atoms with E-state index in [0.29, 0.717) is 12.1 Å². The molecule has 0 aliphatic heterocycles. The van der Waals surface area contributed by atoms with E-state index in [2.05, 4.69) is 4.74 Å².